The number of carbonyl (C=O) groups excluding carboxylic acids is 1. The first-order valence-corrected chi connectivity index (χ1v) is 9.41. The van der Waals surface area contributed by atoms with Crippen LogP contribution in [-0.4, -0.2) is 48.0 Å². The number of hydrogen-bond acceptors (Lipinski definition) is 6. The number of halogens is 1. The van der Waals surface area contributed by atoms with E-state index in [-0.39, 0.29) is 17.9 Å². The molecular weight excluding hydrogens is 366 g/mol. The molecule has 0 aliphatic carbocycles. The van der Waals surface area contributed by atoms with Crippen molar-refractivity contribution in [3.63, 3.8) is 0 Å². The zero-order chi connectivity index (χ0) is 19.0. The van der Waals surface area contributed by atoms with Crippen molar-refractivity contribution in [1.29, 1.82) is 0 Å². The number of aliphatic imine (C=N–C) groups is 1. The van der Waals surface area contributed by atoms with Gasteiger partial charge in [-0.05, 0) is 37.6 Å². The quantitative estimate of drug-likeness (QED) is 0.737. The summed E-state index contributed by atoms with van der Waals surface area (Å²) in [6, 6.07) is 5.50. The van der Waals surface area contributed by atoms with Crippen LogP contribution >= 0.6 is 11.6 Å². The molecule has 8 heteroatoms. The zero-order valence-electron chi connectivity index (χ0n) is 15.0. The van der Waals surface area contributed by atoms with E-state index in [2.05, 4.69) is 20.6 Å². The van der Waals surface area contributed by atoms with Crippen LogP contribution in [0.5, 0.6) is 0 Å². The minimum Gasteiger partial charge on any atom is -0.393 e. The van der Waals surface area contributed by atoms with Crippen LogP contribution in [0, 0.1) is 5.92 Å². The summed E-state index contributed by atoms with van der Waals surface area (Å²) in [7, 11) is 0. The highest BCUT2D eigenvalue weighted by Gasteiger charge is 2.30. The molecule has 27 heavy (non-hydrogen) atoms. The van der Waals surface area contributed by atoms with Crippen molar-refractivity contribution >= 4 is 35.1 Å². The van der Waals surface area contributed by atoms with Crippen molar-refractivity contribution in [1.82, 2.24) is 10.4 Å². The lowest BCUT2D eigenvalue weighted by Crippen LogP contribution is -2.27. The molecule has 2 unspecified atom stereocenters. The number of benzene rings is 1. The number of nitrogens with zero attached hydrogens (tertiary/aromatic N) is 3. The van der Waals surface area contributed by atoms with Gasteiger partial charge in [0.15, 0.2) is 5.82 Å². The second-order valence-corrected chi connectivity index (χ2v) is 7.41. The molecule has 1 fully saturated rings. The first-order valence-electron chi connectivity index (χ1n) is 9.03. The number of hydrogen-bond donors (Lipinski definition) is 3. The molecule has 0 radical (unpaired) electrons. The van der Waals surface area contributed by atoms with Gasteiger partial charge in [0.2, 0.25) is 0 Å². The van der Waals surface area contributed by atoms with E-state index < -0.39 is 0 Å². The number of amides is 1. The third kappa shape index (κ3) is 3.58. The number of hydrazine groups is 1. The molecule has 1 aromatic carbocycles. The second-order valence-electron chi connectivity index (χ2n) is 6.98. The smallest absolute Gasteiger partial charge is 0.256 e. The van der Waals surface area contributed by atoms with Crippen molar-refractivity contribution < 1.29 is 9.90 Å². The summed E-state index contributed by atoms with van der Waals surface area (Å²) < 4.78 is 0. The van der Waals surface area contributed by atoms with Gasteiger partial charge in [0.1, 0.15) is 0 Å². The number of fused-ring (bicyclic) bond motifs is 1. The molecule has 4 rings (SSSR count). The van der Waals surface area contributed by atoms with Crippen LogP contribution in [0.15, 0.2) is 46.9 Å². The molecule has 0 saturated carbocycles. The molecule has 1 amide bonds. The highest BCUT2D eigenvalue weighted by molar-refractivity contribution is 6.31. The fraction of sp³-hybridized carbons (Fsp3) is 0.368. The summed E-state index contributed by atoms with van der Waals surface area (Å²) >= 11 is 6.18. The van der Waals surface area contributed by atoms with E-state index in [0.717, 1.165) is 25.2 Å². The van der Waals surface area contributed by atoms with Gasteiger partial charge < -0.3 is 15.3 Å². The maximum Gasteiger partial charge on any atom is 0.256 e. The Bertz CT molecular complexity index is 849. The molecule has 3 N–H and O–H groups in total. The third-order valence-electron chi connectivity index (χ3n) is 5.17. The van der Waals surface area contributed by atoms with Crippen molar-refractivity contribution in [2.45, 2.75) is 19.4 Å². The normalized spacial score (nSPS) is 22.4. The first-order chi connectivity index (χ1) is 13.0. The maximum atomic E-state index is 12.9. The highest BCUT2D eigenvalue weighted by Crippen LogP contribution is 2.34. The minimum absolute atomic E-state index is 0.206. The van der Waals surface area contributed by atoms with Crippen LogP contribution in [0.4, 0.5) is 11.4 Å². The number of anilines is 2. The number of aliphatic hydroxyl groups is 1. The molecule has 0 spiro atoms. The van der Waals surface area contributed by atoms with E-state index in [4.69, 9.17) is 11.6 Å². The number of allylic oxidation sites excluding steroid dienone is 1. The standard InChI is InChI=1S/C19H22ClN5O2/c1-12(26)13-5-8-24(11-13)17-4-3-14(20)9-16(17)23-19(27)15-10-22-25-7-2-6-21-18(15)25/h2-4,6-7,9,12-13,22,26H,5,8,10-11H2,1H3,(H,23,27). The Morgan fingerprint density at radius 2 is 2.33 bits per heavy atom. The summed E-state index contributed by atoms with van der Waals surface area (Å²) in [6.07, 6.45) is 5.87. The van der Waals surface area contributed by atoms with Gasteiger partial charge in [0, 0.05) is 43.0 Å². The summed E-state index contributed by atoms with van der Waals surface area (Å²) in [5, 5.41) is 15.2. The van der Waals surface area contributed by atoms with Gasteiger partial charge in [0.25, 0.3) is 5.91 Å². The lowest BCUT2D eigenvalue weighted by atomic mass is 10.0. The van der Waals surface area contributed by atoms with Crippen LogP contribution in [0.2, 0.25) is 5.02 Å². The van der Waals surface area contributed by atoms with E-state index in [9.17, 15) is 9.90 Å². The number of carbonyl (C=O) groups is 1. The molecule has 142 valence electrons. The van der Waals surface area contributed by atoms with Crippen molar-refractivity contribution in [3.05, 3.63) is 46.9 Å². The largest absolute Gasteiger partial charge is 0.393 e. The molecule has 7 nitrogen and oxygen atoms in total. The molecular formula is C19H22ClN5O2. The van der Waals surface area contributed by atoms with E-state index >= 15 is 0 Å². The first kappa shape index (κ1) is 18.0. The average Bonchev–Trinajstić information content (AvgIpc) is 3.29. The fourth-order valence-corrected chi connectivity index (χ4v) is 3.80. The fourth-order valence-electron chi connectivity index (χ4n) is 3.63. The second kappa shape index (κ2) is 7.34. The Morgan fingerprint density at radius 1 is 1.48 bits per heavy atom. The van der Waals surface area contributed by atoms with Gasteiger partial charge in [-0.15, -0.1) is 0 Å². The van der Waals surface area contributed by atoms with Crippen molar-refractivity contribution in [2.24, 2.45) is 10.9 Å². The molecule has 3 aliphatic heterocycles. The topological polar surface area (TPSA) is 80.2 Å². The molecule has 1 saturated heterocycles. The van der Waals surface area contributed by atoms with Gasteiger partial charge in [0.05, 0.1) is 23.1 Å². The average molecular weight is 388 g/mol. The van der Waals surface area contributed by atoms with Gasteiger partial charge in [-0.2, -0.15) is 0 Å². The van der Waals surface area contributed by atoms with Crippen LogP contribution in [-0.2, 0) is 4.79 Å². The molecule has 3 heterocycles. The van der Waals surface area contributed by atoms with E-state index in [1.165, 1.54) is 0 Å². The zero-order valence-corrected chi connectivity index (χ0v) is 15.8. The third-order valence-corrected chi connectivity index (χ3v) is 5.41. The monoisotopic (exact) mass is 387 g/mol. The molecule has 1 aromatic rings. The number of aliphatic hydroxyl groups excluding tert-OH is 1. The number of rotatable bonds is 4. The van der Waals surface area contributed by atoms with Crippen LogP contribution in [0.1, 0.15) is 13.3 Å². The Kier molecular flexibility index (Phi) is 4.90. The minimum atomic E-state index is -0.347. The van der Waals surface area contributed by atoms with Crippen molar-refractivity contribution in [2.75, 3.05) is 29.9 Å². The van der Waals surface area contributed by atoms with Gasteiger partial charge in [-0.1, -0.05) is 11.6 Å². The SMILES string of the molecule is CC(O)C1CCN(c2ccc(Cl)cc2NC(=O)C2=C3N=CC=CN3NC2)C1. The van der Waals surface area contributed by atoms with Crippen LogP contribution in [0.3, 0.4) is 0 Å². The molecule has 3 aliphatic rings. The Balaban J connectivity index is 1.57. The summed E-state index contributed by atoms with van der Waals surface area (Å²) in [4.78, 5) is 19.4. The lowest BCUT2D eigenvalue weighted by molar-refractivity contribution is -0.112. The maximum absolute atomic E-state index is 12.9. The van der Waals surface area contributed by atoms with Gasteiger partial charge in [-0.3, -0.25) is 9.80 Å². The van der Waals surface area contributed by atoms with Crippen molar-refractivity contribution in [3.8, 4) is 0 Å². The van der Waals surface area contributed by atoms with E-state index in [1.54, 1.807) is 23.4 Å². The molecule has 2 atom stereocenters. The predicted octanol–water partition coefficient (Wildman–Crippen LogP) is 2.12. The van der Waals surface area contributed by atoms with Crippen LogP contribution < -0.4 is 15.6 Å². The van der Waals surface area contributed by atoms with E-state index in [0.29, 0.717) is 28.6 Å². The lowest BCUT2D eigenvalue weighted by Gasteiger charge is -2.23. The Hall–Kier alpha value is -2.35. The highest BCUT2D eigenvalue weighted by atomic mass is 35.5. The molecule has 0 aromatic heterocycles. The summed E-state index contributed by atoms with van der Waals surface area (Å²) in [6.45, 7) is 3.82. The Labute approximate surface area is 163 Å². The van der Waals surface area contributed by atoms with Crippen LogP contribution in [0.25, 0.3) is 0 Å². The van der Waals surface area contributed by atoms with E-state index in [1.807, 2.05) is 25.3 Å². The molecule has 0 bridgehead atoms. The number of nitrogens with one attached hydrogen (secondary N) is 2. The Morgan fingerprint density at radius 3 is 3.11 bits per heavy atom. The van der Waals surface area contributed by atoms with Gasteiger partial charge >= 0.3 is 0 Å². The van der Waals surface area contributed by atoms with Gasteiger partial charge in [-0.25, -0.2) is 10.4 Å². The summed E-state index contributed by atoms with van der Waals surface area (Å²) in [5.74, 6) is 0.626. The summed E-state index contributed by atoms with van der Waals surface area (Å²) in [5.41, 5.74) is 5.26. The predicted molar refractivity (Wildman–Crippen MR) is 107 cm³/mol.